The molecular weight excluding hydrogens is 278 g/mol. The van der Waals surface area contributed by atoms with E-state index in [0.29, 0.717) is 23.0 Å². The number of hydrogen-bond acceptors (Lipinski definition) is 4. The summed E-state index contributed by atoms with van der Waals surface area (Å²) in [7, 11) is 2.07. The molecule has 22 heavy (non-hydrogen) atoms. The van der Waals surface area contributed by atoms with E-state index in [1.54, 1.807) is 30.3 Å². The lowest BCUT2D eigenvalue weighted by Gasteiger charge is -2.16. The van der Waals surface area contributed by atoms with Gasteiger partial charge in [0.05, 0.1) is 23.0 Å². The van der Waals surface area contributed by atoms with Crippen LogP contribution in [0.25, 0.3) is 0 Å². The maximum Gasteiger partial charge on any atom is 0.276 e. The van der Waals surface area contributed by atoms with Crippen LogP contribution in [0.3, 0.4) is 0 Å². The maximum atomic E-state index is 12.3. The number of H-pyrrole nitrogens is 1. The van der Waals surface area contributed by atoms with Crippen LogP contribution in [0.4, 0.5) is 5.69 Å². The minimum atomic E-state index is -0.314. The Bertz CT molecular complexity index is 730. The van der Waals surface area contributed by atoms with Crippen molar-refractivity contribution in [3.8, 4) is 6.07 Å². The summed E-state index contributed by atoms with van der Waals surface area (Å²) in [5, 5.41) is 18.8. The van der Waals surface area contributed by atoms with Crippen LogP contribution in [0.2, 0.25) is 0 Å². The fraction of sp³-hybridized carbons (Fsp3) is 0.312. The molecule has 1 aromatic carbocycles. The number of carbonyl (C=O) groups excluding carboxylic acids is 1. The number of nitrogens with one attached hydrogen (secondary N) is 2. The van der Waals surface area contributed by atoms with E-state index in [9.17, 15) is 4.79 Å². The number of amides is 1. The lowest BCUT2D eigenvalue weighted by molar-refractivity contribution is 0.102. The van der Waals surface area contributed by atoms with Crippen molar-refractivity contribution in [3.05, 3.63) is 47.3 Å². The van der Waals surface area contributed by atoms with Crippen LogP contribution in [0, 0.1) is 11.3 Å². The molecule has 6 nitrogen and oxygen atoms in total. The molecule has 1 aromatic heterocycles. The average Bonchev–Trinajstić information content (AvgIpc) is 3.16. The third-order valence-electron chi connectivity index (χ3n) is 4.01. The Labute approximate surface area is 128 Å². The van der Waals surface area contributed by atoms with Gasteiger partial charge >= 0.3 is 0 Å². The van der Waals surface area contributed by atoms with Crippen LogP contribution < -0.4 is 5.32 Å². The zero-order valence-electron chi connectivity index (χ0n) is 12.3. The van der Waals surface area contributed by atoms with Crippen molar-refractivity contribution >= 4 is 11.6 Å². The molecule has 0 aliphatic carbocycles. The molecule has 0 spiro atoms. The topological polar surface area (TPSA) is 84.8 Å². The Kier molecular flexibility index (Phi) is 3.90. The largest absolute Gasteiger partial charge is 0.319 e. The van der Waals surface area contributed by atoms with Gasteiger partial charge in [-0.2, -0.15) is 10.4 Å². The first-order chi connectivity index (χ1) is 10.7. The summed E-state index contributed by atoms with van der Waals surface area (Å²) in [6.07, 6.45) is 2.22. The van der Waals surface area contributed by atoms with Crippen molar-refractivity contribution < 1.29 is 4.79 Å². The van der Waals surface area contributed by atoms with Gasteiger partial charge < -0.3 is 5.32 Å². The Morgan fingerprint density at radius 3 is 3.05 bits per heavy atom. The predicted octanol–water partition coefficient (Wildman–Crippen LogP) is 2.30. The van der Waals surface area contributed by atoms with Gasteiger partial charge in [-0.25, -0.2) is 0 Å². The molecule has 1 fully saturated rings. The molecule has 3 rings (SSSR count). The molecule has 1 unspecified atom stereocenters. The van der Waals surface area contributed by atoms with Crippen LogP contribution in [0.15, 0.2) is 30.3 Å². The van der Waals surface area contributed by atoms with E-state index >= 15 is 0 Å². The quantitative estimate of drug-likeness (QED) is 0.910. The standard InChI is InChI=1S/C16H17N5O/c1-21-8-4-7-15(21)13-9-14(20-19-13)16(22)18-12-6-3-2-5-11(12)10-17/h2-3,5-6,9,15H,4,7-8H2,1H3,(H,18,22)(H,19,20). The molecule has 2 aromatic rings. The van der Waals surface area contributed by atoms with E-state index in [-0.39, 0.29) is 5.91 Å². The number of anilines is 1. The number of aromatic amines is 1. The molecule has 1 aliphatic heterocycles. The molecule has 2 heterocycles. The lowest BCUT2D eigenvalue weighted by Crippen LogP contribution is -2.17. The van der Waals surface area contributed by atoms with E-state index in [0.717, 1.165) is 25.1 Å². The van der Waals surface area contributed by atoms with Crippen molar-refractivity contribution in [1.82, 2.24) is 15.1 Å². The van der Waals surface area contributed by atoms with Crippen LogP contribution >= 0.6 is 0 Å². The van der Waals surface area contributed by atoms with Crippen LogP contribution in [0.5, 0.6) is 0 Å². The molecule has 1 amide bonds. The van der Waals surface area contributed by atoms with Crippen LogP contribution in [-0.4, -0.2) is 34.6 Å². The summed E-state index contributed by atoms with van der Waals surface area (Å²) >= 11 is 0. The number of likely N-dealkylation sites (tertiary alicyclic amines) is 1. The van der Waals surface area contributed by atoms with Crippen molar-refractivity contribution in [2.24, 2.45) is 0 Å². The fourth-order valence-corrected chi connectivity index (χ4v) is 2.80. The summed E-state index contributed by atoms with van der Waals surface area (Å²) < 4.78 is 0. The highest BCUT2D eigenvalue weighted by molar-refractivity contribution is 6.03. The van der Waals surface area contributed by atoms with E-state index in [4.69, 9.17) is 5.26 Å². The summed E-state index contributed by atoms with van der Waals surface area (Å²) in [5.74, 6) is -0.314. The second-order valence-electron chi connectivity index (χ2n) is 5.46. The number of para-hydroxylation sites is 1. The summed E-state index contributed by atoms with van der Waals surface area (Å²) in [4.78, 5) is 14.5. The summed E-state index contributed by atoms with van der Waals surface area (Å²) in [6.45, 7) is 1.06. The number of benzene rings is 1. The normalized spacial score (nSPS) is 18.1. The van der Waals surface area contributed by atoms with E-state index in [2.05, 4.69) is 33.5 Å². The third kappa shape index (κ3) is 2.71. The minimum absolute atomic E-state index is 0.292. The minimum Gasteiger partial charge on any atom is -0.319 e. The van der Waals surface area contributed by atoms with Gasteiger partial charge in [0.1, 0.15) is 6.07 Å². The first-order valence-corrected chi connectivity index (χ1v) is 7.25. The molecule has 0 radical (unpaired) electrons. The molecule has 112 valence electrons. The number of carbonyl (C=O) groups is 1. The first kappa shape index (κ1) is 14.3. The smallest absolute Gasteiger partial charge is 0.276 e. The Morgan fingerprint density at radius 2 is 2.32 bits per heavy atom. The van der Waals surface area contributed by atoms with Gasteiger partial charge in [0.25, 0.3) is 5.91 Å². The Hall–Kier alpha value is -2.65. The van der Waals surface area contributed by atoms with Crippen molar-refractivity contribution in [2.75, 3.05) is 18.9 Å². The molecule has 1 saturated heterocycles. The number of aromatic nitrogens is 2. The molecule has 1 aliphatic rings. The maximum absolute atomic E-state index is 12.3. The SMILES string of the molecule is CN1CCCC1c1cc(C(=O)Nc2ccccc2C#N)n[nH]1. The summed E-state index contributed by atoms with van der Waals surface area (Å²) in [6, 6.07) is 11.0. The zero-order valence-corrected chi connectivity index (χ0v) is 12.3. The van der Waals surface area contributed by atoms with Gasteiger partial charge in [0, 0.05) is 0 Å². The second kappa shape index (κ2) is 6.00. The number of hydrogen-bond donors (Lipinski definition) is 2. The molecule has 6 heteroatoms. The highest BCUT2D eigenvalue weighted by Gasteiger charge is 2.25. The Balaban J connectivity index is 1.76. The summed E-state index contributed by atoms with van der Waals surface area (Å²) in [5.41, 5.74) is 2.22. The Morgan fingerprint density at radius 1 is 1.50 bits per heavy atom. The van der Waals surface area contributed by atoms with Crippen molar-refractivity contribution in [2.45, 2.75) is 18.9 Å². The van der Waals surface area contributed by atoms with Crippen LogP contribution in [0.1, 0.15) is 40.6 Å². The molecule has 1 atom stereocenters. The second-order valence-corrected chi connectivity index (χ2v) is 5.46. The molecular formula is C16H17N5O. The molecule has 0 saturated carbocycles. The predicted molar refractivity (Wildman–Crippen MR) is 82.3 cm³/mol. The van der Waals surface area contributed by atoms with Gasteiger partial charge in [-0.15, -0.1) is 0 Å². The molecule has 2 N–H and O–H groups in total. The van der Waals surface area contributed by atoms with Crippen molar-refractivity contribution in [1.29, 1.82) is 5.26 Å². The van der Waals surface area contributed by atoms with Crippen LogP contribution in [-0.2, 0) is 0 Å². The fourth-order valence-electron chi connectivity index (χ4n) is 2.80. The first-order valence-electron chi connectivity index (χ1n) is 7.25. The van der Waals surface area contributed by atoms with E-state index in [1.807, 2.05) is 0 Å². The van der Waals surface area contributed by atoms with E-state index in [1.165, 1.54) is 0 Å². The number of nitriles is 1. The lowest BCUT2D eigenvalue weighted by atomic mass is 10.1. The third-order valence-corrected chi connectivity index (χ3v) is 4.01. The van der Waals surface area contributed by atoms with Gasteiger partial charge in [-0.1, -0.05) is 12.1 Å². The number of rotatable bonds is 3. The monoisotopic (exact) mass is 295 g/mol. The van der Waals surface area contributed by atoms with Crippen molar-refractivity contribution in [3.63, 3.8) is 0 Å². The van der Waals surface area contributed by atoms with Gasteiger partial charge in [0.2, 0.25) is 0 Å². The average molecular weight is 295 g/mol. The van der Waals surface area contributed by atoms with Gasteiger partial charge in [-0.05, 0) is 44.6 Å². The highest BCUT2D eigenvalue weighted by atomic mass is 16.1. The van der Waals surface area contributed by atoms with Gasteiger partial charge in [0.15, 0.2) is 5.69 Å². The zero-order chi connectivity index (χ0) is 15.5. The highest BCUT2D eigenvalue weighted by Crippen LogP contribution is 2.29. The van der Waals surface area contributed by atoms with Gasteiger partial charge in [-0.3, -0.25) is 14.8 Å². The number of nitrogens with zero attached hydrogens (tertiary/aromatic N) is 3. The van der Waals surface area contributed by atoms with E-state index < -0.39 is 0 Å². The molecule has 0 bridgehead atoms.